The molecule has 1 heterocycles. The maximum atomic E-state index is 11.1. The lowest BCUT2D eigenvalue weighted by Crippen LogP contribution is -2.30. The van der Waals surface area contributed by atoms with Crippen LogP contribution in [0.25, 0.3) is 0 Å². The molecule has 0 aromatic carbocycles. The topological polar surface area (TPSA) is 68.2 Å². The van der Waals surface area contributed by atoms with E-state index in [9.17, 15) is 4.79 Å². The van der Waals surface area contributed by atoms with Gasteiger partial charge in [-0.25, -0.2) is 0 Å². The lowest BCUT2D eigenvalue weighted by Gasteiger charge is -2.08. The molecular weight excluding hydrogens is 156 g/mol. The van der Waals surface area contributed by atoms with Gasteiger partial charge in [0, 0.05) is 18.8 Å². The van der Waals surface area contributed by atoms with Gasteiger partial charge in [-0.15, -0.1) is 0 Å². The van der Waals surface area contributed by atoms with Crippen LogP contribution in [0.3, 0.4) is 0 Å². The largest absolute Gasteiger partial charge is 0.390 e. The fraction of sp³-hybridized carbons (Fsp3) is 0.375. The Labute approximate surface area is 70.3 Å². The van der Waals surface area contributed by atoms with E-state index in [0.29, 0.717) is 0 Å². The summed E-state index contributed by atoms with van der Waals surface area (Å²) >= 11 is 0. The van der Waals surface area contributed by atoms with Crippen molar-refractivity contribution < 1.29 is 5.11 Å². The molecule has 0 aliphatic carbocycles. The van der Waals surface area contributed by atoms with E-state index in [1.54, 1.807) is 18.3 Å². The molecule has 0 spiro atoms. The third kappa shape index (κ3) is 2.18. The Morgan fingerprint density at radius 3 is 2.92 bits per heavy atom. The van der Waals surface area contributed by atoms with Gasteiger partial charge in [-0.2, -0.15) is 0 Å². The van der Waals surface area contributed by atoms with Crippen LogP contribution in [0.2, 0.25) is 0 Å². The second-order valence-electron chi connectivity index (χ2n) is 2.58. The molecule has 12 heavy (non-hydrogen) atoms. The van der Waals surface area contributed by atoms with E-state index in [1.807, 2.05) is 0 Å². The summed E-state index contributed by atoms with van der Waals surface area (Å²) in [6, 6.07) is 4.85. The lowest BCUT2D eigenvalue weighted by atomic mass is 10.3. The Balaban J connectivity index is 2.76. The second kappa shape index (κ2) is 4.04. The molecule has 0 aliphatic rings. The average molecular weight is 168 g/mol. The first-order valence-electron chi connectivity index (χ1n) is 3.77. The number of aromatic nitrogens is 1. The smallest absolute Gasteiger partial charge is 0.250 e. The van der Waals surface area contributed by atoms with Gasteiger partial charge < -0.3 is 15.4 Å². The Kier molecular flexibility index (Phi) is 3.01. The van der Waals surface area contributed by atoms with Crippen molar-refractivity contribution in [3.8, 4) is 0 Å². The third-order valence-electron chi connectivity index (χ3n) is 1.58. The van der Waals surface area contributed by atoms with Gasteiger partial charge in [-0.05, 0) is 6.07 Å². The van der Waals surface area contributed by atoms with Gasteiger partial charge in [0.05, 0.1) is 12.6 Å². The van der Waals surface area contributed by atoms with E-state index < -0.39 is 6.10 Å². The molecule has 0 amide bonds. The fourth-order valence-electron chi connectivity index (χ4n) is 0.913. The Hall–Kier alpha value is -1.13. The van der Waals surface area contributed by atoms with Crippen molar-refractivity contribution in [2.75, 3.05) is 6.54 Å². The number of nitrogens with zero attached hydrogens (tertiary/aromatic N) is 1. The van der Waals surface area contributed by atoms with Gasteiger partial charge in [0.25, 0.3) is 5.56 Å². The van der Waals surface area contributed by atoms with E-state index in [-0.39, 0.29) is 18.6 Å². The third-order valence-corrected chi connectivity index (χ3v) is 1.58. The SMILES string of the molecule is NCC(O)Cn1ccccc1=O. The normalized spacial score (nSPS) is 12.8. The molecular formula is C8H12N2O2. The second-order valence-corrected chi connectivity index (χ2v) is 2.58. The summed E-state index contributed by atoms with van der Waals surface area (Å²) in [5.74, 6) is 0. The first-order valence-corrected chi connectivity index (χ1v) is 3.77. The van der Waals surface area contributed by atoms with Crippen molar-refractivity contribution in [2.24, 2.45) is 5.73 Å². The molecule has 0 radical (unpaired) electrons. The van der Waals surface area contributed by atoms with Crippen LogP contribution in [0.15, 0.2) is 29.2 Å². The Morgan fingerprint density at radius 1 is 1.58 bits per heavy atom. The van der Waals surface area contributed by atoms with Crippen molar-refractivity contribution in [3.05, 3.63) is 34.7 Å². The molecule has 4 nitrogen and oxygen atoms in total. The van der Waals surface area contributed by atoms with Crippen LogP contribution < -0.4 is 11.3 Å². The number of aliphatic hydroxyl groups is 1. The van der Waals surface area contributed by atoms with Gasteiger partial charge in [0.15, 0.2) is 0 Å². The average Bonchev–Trinajstić information content (AvgIpc) is 2.09. The van der Waals surface area contributed by atoms with Crippen LogP contribution in [-0.4, -0.2) is 22.3 Å². The van der Waals surface area contributed by atoms with Gasteiger partial charge in [0.1, 0.15) is 0 Å². The minimum Gasteiger partial charge on any atom is -0.390 e. The van der Waals surface area contributed by atoms with Crippen LogP contribution in [0.4, 0.5) is 0 Å². The van der Waals surface area contributed by atoms with Crippen molar-refractivity contribution in [1.29, 1.82) is 0 Å². The molecule has 0 bridgehead atoms. The predicted molar refractivity (Wildman–Crippen MR) is 45.8 cm³/mol. The van der Waals surface area contributed by atoms with Crippen LogP contribution in [-0.2, 0) is 6.54 Å². The van der Waals surface area contributed by atoms with Gasteiger partial charge in [-0.3, -0.25) is 4.79 Å². The van der Waals surface area contributed by atoms with E-state index in [0.717, 1.165) is 0 Å². The zero-order valence-electron chi connectivity index (χ0n) is 6.68. The Morgan fingerprint density at radius 2 is 2.33 bits per heavy atom. The number of pyridine rings is 1. The number of aliphatic hydroxyl groups excluding tert-OH is 1. The summed E-state index contributed by atoms with van der Waals surface area (Å²) in [5, 5.41) is 9.15. The molecule has 1 rings (SSSR count). The van der Waals surface area contributed by atoms with Crippen LogP contribution >= 0.6 is 0 Å². The monoisotopic (exact) mass is 168 g/mol. The fourth-order valence-corrected chi connectivity index (χ4v) is 0.913. The molecule has 3 N–H and O–H groups in total. The molecule has 1 aromatic rings. The predicted octanol–water partition coefficient (Wildman–Crippen LogP) is -0.832. The highest BCUT2D eigenvalue weighted by Crippen LogP contribution is 1.86. The highest BCUT2D eigenvalue weighted by molar-refractivity contribution is 4.93. The lowest BCUT2D eigenvalue weighted by molar-refractivity contribution is 0.161. The minimum absolute atomic E-state index is 0.120. The summed E-state index contributed by atoms with van der Waals surface area (Å²) < 4.78 is 1.43. The first kappa shape index (κ1) is 8.96. The molecule has 0 fully saturated rings. The van der Waals surface area contributed by atoms with Gasteiger partial charge in [0.2, 0.25) is 0 Å². The zero-order valence-corrected chi connectivity index (χ0v) is 6.68. The molecule has 1 aromatic heterocycles. The molecule has 0 aliphatic heterocycles. The molecule has 4 heteroatoms. The highest BCUT2D eigenvalue weighted by Gasteiger charge is 2.01. The van der Waals surface area contributed by atoms with Crippen LogP contribution in [0, 0.1) is 0 Å². The molecule has 1 unspecified atom stereocenters. The maximum absolute atomic E-state index is 11.1. The van der Waals surface area contributed by atoms with E-state index in [4.69, 9.17) is 10.8 Å². The quantitative estimate of drug-likeness (QED) is 0.619. The molecule has 66 valence electrons. The number of hydrogen-bond acceptors (Lipinski definition) is 3. The van der Waals surface area contributed by atoms with E-state index in [1.165, 1.54) is 10.6 Å². The molecule has 1 atom stereocenters. The van der Waals surface area contributed by atoms with Crippen LogP contribution in [0.1, 0.15) is 0 Å². The van der Waals surface area contributed by atoms with Crippen molar-refractivity contribution in [2.45, 2.75) is 12.6 Å². The Bertz CT molecular complexity index is 295. The maximum Gasteiger partial charge on any atom is 0.250 e. The van der Waals surface area contributed by atoms with E-state index >= 15 is 0 Å². The summed E-state index contributed by atoms with van der Waals surface area (Å²) in [6.45, 7) is 0.428. The summed E-state index contributed by atoms with van der Waals surface area (Å²) in [4.78, 5) is 11.1. The number of rotatable bonds is 3. The standard InChI is InChI=1S/C8H12N2O2/c9-5-7(11)6-10-4-2-1-3-8(10)12/h1-4,7,11H,5-6,9H2. The number of nitrogens with two attached hydrogens (primary N) is 1. The minimum atomic E-state index is -0.648. The van der Waals surface area contributed by atoms with Crippen molar-refractivity contribution >= 4 is 0 Å². The summed E-state index contributed by atoms with van der Waals surface area (Å²) in [7, 11) is 0. The van der Waals surface area contributed by atoms with Gasteiger partial charge in [-0.1, -0.05) is 6.07 Å². The zero-order chi connectivity index (χ0) is 8.97. The van der Waals surface area contributed by atoms with E-state index in [2.05, 4.69) is 0 Å². The first-order chi connectivity index (χ1) is 5.74. The highest BCUT2D eigenvalue weighted by atomic mass is 16.3. The number of hydrogen-bond donors (Lipinski definition) is 2. The molecule has 0 saturated heterocycles. The molecule has 0 saturated carbocycles. The van der Waals surface area contributed by atoms with Gasteiger partial charge >= 0.3 is 0 Å². The van der Waals surface area contributed by atoms with Crippen molar-refractivity contribution in [1.82, 2.24) is 4.57 Å². The van der Waals surface area contributed by atoms with Crippen LogP contribution in [0.5, 0.6) is 0 Å². The summed E-state index contributed by atoms with van der Waals surface area (Å²) in [5.41, 5.74) is 5.08. The van der Waals surface area contributed by atoms with Crippen molar-refractivity contribution in [3.63, 3.8) is 0 Å². The summed E-state index contributed by atoms with van der Waals surface area (Å²) in [6.07, 6.45) is 0.978.